The molecule has 160 valence electrons. The predicted octanol–water partition coefficient (Wildman–Crippen LogP) is 3.18. The molecule has 2 amide bonds. The molecule has 1 aromatic carbocycles. The zero-order chi connectivity index (χ0) is 21.2. The van der Waals surface area contributed by atoms with E-state index in [9.17, 15) is 9.59 Å². The SMILES string of the molecule is CC(C)(C)CC(C)(C)NCC1CN(c2ccc(N3CCOCC3=O)cc2)C(=O)O1. The normalized spacial score (nSPS) is 20.9. The molecule has 29 heavy (non-hydrogen) atoms. The number of benzene rings is 1. The molecule has 2 aliphatic heterocycles. The van der Waals surface area contributed by atoms with E-state index in [1.807, 2.05) is 24.3 Å². The van der Waals surface area contributed by atoms with E-state index in [4.69, 9.17) is 9.47 Å². The van der Waals surface area contributed by atoms with Crippen LogP contribution in [-0.2, 0) is 14.3 Å². The summed E-state index contributed by atoms with van der Waals surface area (Å²) < 4.78 is 10.7. The molecule has 0 radical (unpaired) electrons. The summed E-state index contributed by atoms with van der Waals surface area (Å²) in [4.78, 5) is 27.7. The smallest absolute Gasteiger partial charge is 0.414 e. The number of hydrogen-bond donors (Lipinski definition) is 1. The van der Waals surface area contributed by atoms with Crippen LogP contribution < -0.4 is 15.1 Å². The number of ether oxygens (including phenoxy) is 2. The van der Waals surface area contributed by atoms with Gasteiger partial charge in [-0.3, -0.25) is 9.69 Å². The van der Waals surface area contributed by atoms with E-state index in [0.717, 1.165) is 17.8 Å². The van der Waals surface area contributed by atoms with Crippen molar-refractivity contribution in [3.05, 3.63) is 24.3 Å². The largest absolute Gasteiger partial charge is 0.443 e. The van der Waals surface area contributed by atoms with E-state index >= 15 is 0 Å². The second-order valence-corrected chi connectivity index (χ2v) is 9.73. The summed E-state index contributed by atoms with van der Waals surface area (Å²) in [6.45, 7) is 13.3. The fourth-order valence-electron chi connectivity index (χ4n) is 4.22. The lowest BCUT2D eigenvalue weighted by atomic mass is 9.82. The average molecular weight is 404 g/mol. The molecule has 0 aromatic heterocycles. The van der Waals surface area contributed by atoms with Crippen LogP contribution >= 0.6 is 0 Å². The van der Waals surface area contributed by atoms with Crippen molar-refractivity contribution in [2.75, 3.05) is 42.6 Å². The maximum Gasteiger partial charge on any atom is 0.414 e. The second-order valence-electron chi connectivity index (χ2n) is 9.73. The van der Waals surface area contributed by atoms with Crippen LogP contribution in [0.5, 0.6) is 0 Å². The molecule has 3 rings (SSSR count). The number of cyclic esters (lactones) is 1. The van der Waals surface area contributed by atoms with Gasteiger partial charge in [-0.15, -0.1) is 0 Å². The van der Waals surface area contributed by atoms with Crippen LogP contribution in [0.3, 0.4) is 0 Å². The van der Waals surface area contributed by atoms with Crippen LogP contribution in [-0.4, -0.2) is 56.5 Å². The predicted molar refractivity (Wildman–Crippen MR) is 113 cm³/mol. The Balaban J connectivity index is 1.58. The van der Waals surface area contributed by atoms with Crippen LogP contribution in [0.4, 0.5) is 16.2 Å². The lowest BCUT2D eigenvalue weighted by Crippen LogP contribution is -2.46. The maximum atomic E-state index is 12.4. The molecule has 2 heterocycles. The van der Waals surface area contributed by atoms with Crippen molar-refractivity contribution in [1.82, 2.24) is 5.32 Å². The molecule has 2 aliphatic rings. The first kappa shape index (κ1) is 21.6. The van der Waals surface area contributed by atoms with Gasteiger partial charge in [0.25, 0.3) is 5.91 Å². The summed E-state index contributed by atoms with van der Waals surface area (Å²) >= 11 is 0. The van der Waals surface area contributed by atoms with Gasteiger partial charge in [0, 0.05) is 30.0 Å². The number of carbonyl (C=O) groups excluding carboxylic acids is 2. The van der Waals surface area contributed by atoms with E-state index in [-0.39, 0.29) is 35.7 Å². The van der Waals surface area contributed by atoms with Crippen molar-refractivity contribution in [2.45, 2.75) is 52.7 Å². The van der Waals surface area contributed by atoms with Gasteiger partial charge in [-0.05, 0) is 49.9 Å². The number of amides is 2. The second kappa shape index (κ2) is 8.32. The monoisotopic (exact) mass is 403 g/mol. The molecule has 7 nitrogen and oxygen atoms in total. The number of anilines is 2. The molecule has 1 N–H and O–H groups in total. The molecule has 1 aromatic rings. The molecular weight excluding hydrogens is 370 g/mol. The molecule has 2 fully saturated rings. The van der Waals surface area contributed by atoms with Crippen molar-refractivity contribution >= 4 is 23.4 Å². The molecule has 1 unspecified atom stereocenters. The fourth-order valence-corrected chi connectivity index (χ4v) is 4.22. The lowest BCUT2D eigenvalue weighted by Gasteiger charge is -2.34. The summed E-state index contributed by atoms with van der Waals surface area (Å²) in [6.07, 6.45) is 0.495. The molecule has 0 aliphatic carbocycles. The maximum absolute atomic E-state index is 12.4. The molecule has 7 heteroatoms. The average Bonchev–Trinajstić information content (AvgIpc) is 3.00. The fraction of sp³-hybridized carbons (Fsp3) is 0.636. The van der Waals surface area contributed by atoms with Crippen molar-refractivity contribution in [3.63, 3.8) is 0 Å². The molecule has 1 atom stereocenters. The lowest BCUT2D eigenvalue weighted by molar-refractivity contribution is -0.125. The Morgan fingerprint density at radius 2 is 1.66 bits per heavy atom. The summed E-state index contributed by atoms with van der Waals surface area (Å²) in [5.41, 5.74) is 1.77. The first-order valence-corrected chi connectivity index (χ1v) is 10.3. The first-order chi connectivity index (χ1) is 13.5. The number of hydrogen-bond acceptors (Lipinski definition) is 5. The number of morpholine rings is 1. The zero-order valence-corrected chi connectivity index (χ0v) is 18.2. The first-order valence-electron chi connectivity index (χ1n) is 10.3. The third kappa shape index (κ3) is 5.70. The highest BCUT2D eigenvalue weighted by atomic mass is 16.6. The van der Waals surface area contributed by atoms with Crippen LogP contribution in [0.25, 0.3) is 0 Å². The summed E-state index contributed by atoms with van der Waals surface area (Å²) in [5.74, 6) is -0.0476. The molecular formula is C22H33N3O4. The highest BCUT2D eigenvalue weighted by Gasteiger charge is 2.34. The van der Waals surface area contributed by atoms with Gasteiger partial charge in [0.05, 0.1) is 13.2 Å². The van der Waals surface area contributed by atoms with Gasteiger partial charge in [-0.1, -0.05) is 20.8 Å². The summed E-state index contributed by atoms with van der Waals surface area (Å²) in [6, 6.07) is 7.45. The highest BCUT2D eigenvalue weighted by Crippen LogP contribution is 2.28. The summed E-state index contributed by atoms with van der Waals surface area (Å²) in [5, 5.41) is 3.55. The van der Waals surface area contributed by atoms with Gasteiger partial charge in [-0.2, -0.15) is 0 Å². The number of carbonyl (C=O) groups is 2. The van der Waals surface area contributed by atoms with Crippen molar-refractivity contribution in [2.24, 2.45) is 5.41 Å². The van der Waals surface area contributed by atoms with Crippen LogP contribution in [0.15, 0.2) is 24.3 Å². The third-order valence-corrected chi connectivity index (χ3v) is 5.11. The van der Waals surface area contributed by atoms with Gasteiger partial charge in [0.2, 0.25) is 0 Å². The Morgan fingerprint density at radius 1 is 1.03 bits per heavy atom. The minimum Gasteiger partial charge on any atom is -0.443 e. The number of nitrogens with one attached hydrogen (secondary N) is 1. The topological polar surface area (TPSA) is 71.1 Å². The Morgan fingerprint density at radius 3 is 2.24 bits per heavy atom. The van der Waals surface area contributed by atoms with Crippen LogP contribution in [0, 0.1) is 5.41 Å². The van der Waals surface area contributed by atoms with E-state index in [2.05, 4.69) is 39.9 Å². The van der Waals surface area contributed by atoms with E-state index < -0.39 is 0 Å². The zero-order valence-electron chi connectivity index (χ0n) is 18.2. The van der Waals surface area contributed by atoms with Crippen LogP contribution in [0.2, 0.25) is 0 Å². The van der Waals surface area contributed by atoms with Gasteiger partial charge < -0.3 is 19.7 Å². The third-order valence-electron chi connectivity index (χ3n) is 5.11. The Bertz CT molecular complexity index is 739. The van der Waals surface area contributed by atoms with E-state index in [1.54, 1.807) is 9.80 Å². The Kier molecular flexibility index (Phi) is 6.19. The van der Waals surface area contributed by atoms with Crippen molar-refractivity contribution < 1.29 is 19.1 Å². The molecule has 0 bridgehead atoms. The van der Waals surface area contributed by atoms with Crippen molar-refractivity contribution in [3.8, 4) is 0 Å². The molecule has 2 saturated heterocycles. The van der Waals surface area contributed by atoms with Gasteiger partial charge in [0.15, 0.2) is 0 Å². The van der Waals surface area contributed by atoms with Gasteiger partial charge in [-0.25, -0.2) is 4.79 Å². The van der Waals surface area contributed by atoms with Gasteiger partial charge >= 0.3 is 6.09 Å². The van der Waals surface area contributed by atoms with E-state index in [1.165, 1.54) is 0 Å². The minimum atomic E-state index is -0.333. The van der Waals surface area contributed by atoms with Crippen molar-refractivity contribution in [1.29, 1.82) is 0 Å². The molecule has 0 saturated carbocycles. The molecule has 0 spiro atoms. The Hall–Kier alpha value is -2.12. The number of nitrogens with zero attached hydrogens (tertiary/aromatic N) is 2. The standard InChI is InChI=1S/C22H33N3O4/c1-21(2,3)15-22(4,5)23-12-18-13-25(20(27)29-18)17-8-6-16(7-9-17)24-10-11-28-14-19(24)26/h6-9,18,23H,10-15H2,1-5H3. The minimum absolute atomic E-state index is 0.0373. The Labute approximate surface area is 173 Å². The van der Waals surface area contributed by atoms with Gasteiger partial charge in [0.1, 0.15) is 12.7 Å². The van der Waals surface area contributed by atoms with Crippen LogP contribution in [0.1, 0.15) is 41.0 Å². The number of rotatable bonds is 6. The highest BCUT2D eigenvalue weighted by molar-refractivity contribution is 5.95. The summed E-state index contributed by atoms with van der Waals surface area (Å²) in [7, 11) is 0. The van der Waals surface area contributed by atoms with E-state index in [0.29, 0.717) is 26.2 Å². The quantitative estimate of drug-likeness (QED) is 0.790.